The highest BCUT2D eigenvalue weighted by molar-refractivity contribution is 9.10. The Kier molecular flexibility index (Phi) is 6.03. The molecule has 3 rings (SSSR count). The predicted molar refractivity (Wildman–Crippen MR) is 104 cm³/mol. The van der Waals surface area contributed by atoms with Gasteiger partial charge in [-0.25, -0.2) is 0 Å². The molecule has 0 bridgehead atoms. The molecule has 1 aromatic carbocycles. The number of halogens is 1. The van der Waals surface area contributed by atoms with Crippen LogP contribution in [0.1, 0.15) is 31.2 Å². The van der Waals surface area contributed by atoms with E-state index in [4.69, 9.17) is 0 Å². The third kappa shape index (κ3) is 4.29. The SMILES string of the molecule is O=C(CN1C(=O)SC(=Cc2ccc(O)c(Br)c2)C1=O)N1CCCCCC1. The standard InChI is InChI=1S/C18H19BrN2O4S/c19-13-9-12(5-6-14(13)22)10-15-17(24)21(18(25)26-15)11-16(23)20-7-3-1-2-4-8-20/h5-6,9-10,22H,1-4,7-8,11H2. The van der Waals surface area contributed by atoms with Crippen LogP contribution < -0.4 is 0 Å². The Morgan fingerprint density at radius 1 is 1.19 bits per heavy atom. The molecule has 1 N–H and O–H groups in total. The smallest absolute Gasteiger partial charge is 0.294 e. The molecule has 6 nitrogen and oxygen atoms in total. The van der Waals surface area contributed by atoms with Crippen LogP contribution in [-0.2, 0) is 9.59 Å². The van der Waals surface area contributed by atoms with E-state index in [1.807, 2.05) is 0 Å². The second-order valence-electron chi connectivity index (χ2n) is 6.27. The zero-order chi connectivity index (χ0) is 18.7. The zero-order valence-electron chi connectivity index (χ0n) is 14.1. The summed E-state index contributed by atoms with van der Waals surface area (Å²) in [5.74, 6) is -0.534. The Bertz CT molecular complexity index is 772. The second kappa shape index (κ2) is 8.26. The Hall–Kier alpha value is -1.80. The van der Waals surface area contributed by atoms with E-state index < -0.39 is 11.1 Å². The van der Waals surface area contributed by atoms with Gasteiger partial charge >= 0.3 is 0 Å². The fourth-order valence-corrected chi connectivity index (χ4v) is 4.19. The largest absolute Gasteiger partial charge is 0.507 e. The molecule has 2 aliphatic rings. The molecule has 0 unspecified atom stereocenters. The van der Waals surface area contributed by atoms with E-state index in [2.05, 4.69) is 15.9 Å². The molecule has 8 heteroatoms. The number of thioether (sulfide) groups is 1. The van der Waals surface area contributed by atoms with Crippen molar-refractivity contribution >= 4 is 50.8 Å². The number of amides is 3. The first-order valence-electron chi connectivity index (χ1n) is 8.47. The molecule has 3 amide bonds. The van der Waals surface area contributed by atoms with Crippen LogP contribution in [0.3, 0.4) is 0 Å². The van der Waals surface area contributed by atoms with Crippen LogP contribution in [0.4, 0.5) is 4.79 Å². The number of nitrogens with zero attached hydrogens (tertiary/aromatic N) is 2. The summed E-state index contributed by atoms with van der Waals surface area (Å²) in [5.41, 5.74) is 0.680. The van der Waals surface area contributed by atoms with E-state index in [0.717, 1.165) is 42.3 Å². The van der Waals surface area contributed by atoms with Crippen LogP contribution in [0.5, 0.6) is 5.75 Å². The number of carbonyl (C=O) groups excluding carboxylic acids is 3. The van der Waals surface area contributed by atoms with Crippen molar-refractivity contribution in [3.05, 3.63) is 33.1 Å². The maximum absolute atomic E-state index is 12.5. The molecule has 1 aromatic rings. The topological polar surface area (TPSA) is 77.9 Å². The number of phenolic OH excluding ortho intramolecular Hbond substituents is 1. The van der Waals surface area contributed by atoms with Gasteiger partial charge in [-0.1, -0.05) is 18.9 Å². The van der Waals surface area contributed by atoms with Gasteiger partial charge in [-0.15, -0.1) is 0 Å². The number of benzene rings is 1. The van der Waals surface area contributed by atoms with Gasteiger partial charge in [0, 0.05) is 13.1 Å². The molecule has 138 valence electrons. The fraction of sp³-hybridized carbons (Fsp3) is 0.389. The summed E-state index contributed by atoms with van der Waals surface area (Å²) < 4.78 is 0.502. The van der Waals surface area contributed by atoms with Crippen LogP contribution in [-0.4, -0.2) is 51.6 Å². The first kappa shape index (κ1) is 19.0. The van der Waals surface area contributed by atoms with Gasteiger partial charge in [0.15, 0.2) is 0 Å². The summed E-state index contributed by atoms with van der Waals surface area (Å²) in [4.78, 5) is 40.2. The summed E-state index contributed by atoms with van der Waals surface area (Å²) in [7, 11) is 0. The molecule has 26 heavy (non-hydrogen) atoms. The van der Waals surface area contributed by atoms with Crippen molar-refractivity contribution in [2.75, 3.05) is 19.6 Å². The molecule has 0 radical (unpaired) electrons. The Morgan fingerprint density at radius 2 is 1.88 bits per heavy atom. The third-order valence-corrected chi connectivity index (χ3v) is 5.94. The number of hydrogen-bond acceptors (Lipinski definition) is 5. The van der Waals surface area contributed by atoms with Crippen LogP contribution in [0.2, 0.25) is 0 Å². The van der Waals surface area contributed by atoms with Crippen molar-refractivity contribution in [2.45, 2.75) is 25.7 Å². The molecule has 2 fully saturated rings. The fourth-order valence-electron chi connectivity index (χ4n) is 2.96. The Labute approximate surface area is 164 Å². The number of aromatic hydroxyl groups is 1. The van der Waals surface area contributed by atoms with Gasteiger partial charge in [0.25, 0.3) is 11.1 Å². The lowest BCUT2D eigenvalue weighted by Crippen LogP contribution is -2.42. The van der Waals surface area contributed by atoms with Crippen molar-refractivity contribution in [1.29, 1.82) is 0 Å². The molecule has 2 heterocycles. The molecule has 0 aliphatic carbocycles. The zero-order valence-corrected chi connectivity index (χ0v) is 16.5. The van der Waals surface area contributed by atoms with Crippen molar-refractivity contribution < 1.29 is 19.5 Å². The monoisotopic (exact) mass is 438 g/mol. The van der Waals surface area contributed by atoms with Gasteiger partial charge in [-0.3, -0.25) is 19.3 Å². The minimum atomic E-state index is -0.452. The first-order chi connectivity index (χ1) is 12.5. The summed E-state index contributed by atoms with van der Waals surface area (Å²) >= 11 is 4.05. The maximum Gasteiger partial charge on any atom is 0.294 e. The summed E-state index contributed by atoms with van der Waals surface area (Å²) in [6, 6.07) is 4.81. The average molecular weight is 439 g/mol. The van der Waals surface area contributed by atoms with Crippen molar-refractivity contribution in [3.8, 4) is 5.75 Å². The van der Waals surface area contributed by atoms with E-state index in [-0.39, 0.29) is 23.1 Å². The molecule has 0 aromatic heterocycles. The highest BCUT2D eigenvalue weighted by Gasteiger charge is 2.37. The van der Waals surface area contributed by atoms with E-state index in [1.165, 1.54) is 6.07 Å². The normalized spacial score (nSPS) is 20.0. The second-order valence-corrected chi connectivity index (χ2v) is 8.12. The quantitative estimate of drug-likeness (QED) is 0.729. The Balaban J connectivity index is 1.71. The minimum Gasteiger partial charge on any atom is -0.507 e. The van der Waals surface area contributed by atoms with E-state index >= 15 is 0 Å². The molecule has 0 spiro atoms. The number of hydrogen-bond donors (Lipinski definition) is 1. The van der Waals surface area contributed by atoms with Crippen molar-refractivity contribution in [1.82, 2.24) is 9.80 Å². The number of rotatable bonds is 3. The van der Waals surface area contributed by atoms with Crippen molar-refractivity contribution in [2.24, 2.45) is 0 Å². The van der Waals surface area contributed by atoms with Crippen LogP contribution in [0, 0.1) is 0 Å². The average Bonchev–Trinajstić information content (AvgIpc) is 2.82. The lowest BCUT2D eigenvalue weighted by atomic mass is 10.2. The van der Waals surface area contributed by atoms with Crippen LogP contribution in [0.25, 0.3) is 6.08 Å². The van der Waals surface area contributed by atoms with Crippen LogP contribution >= 0.6 is 27.7 Å². The van der Waals surface area contributed by atoms with Gasteiger partial charge in [0.1, 0.15) is 12.3 Å². The van der Waals surface area contributed by atoms with Gasteiger partial charge in [-0.05, 0) is 64.3 Å². The first-order valence-corrected chi connectivity index (χ1v) is 10.1. The van der Waals surface area contributed by atoms with Gasteiger partial charge in [0.2, 0.25) is 5.91 Å². The lowest BCUT2D eigenvalue weighted by Gasteiger charge is -2.22. The van der Waals surface area contributed by atoms with E-state index in [0.29, 0.717) is 23.1 Å². The molecular weight excluding hydrogens is 420 g/mol. The summed E-state index contributed by atoms with van der Waals surface area (Å²) in [6.07, 6.45) is 5.73. The number of phenols is 1. The van der Waals surface area contributed by atoms with Gasteiger partial charge in [-0.2, -0.15) is 0 Å². The summed E-state index contributed by atoms with van der Waals surface area (Å²) in [6.45, 7) is 1.17. The van der Waals surface area contributed by atoms with Crippen LogP contribution in [0.15, 0.2) is 27.6 Å². The lowest BCUT2D eigenvalue weighted by molar-refractivity contribution is -0.135. The highest BCUT2D eigenvalue weighted by atomic mass is 79.9. The molecular formula is C18H19BrN2O4S. The minimum absolute atomic E-state index is 0.0956. The highest BCUT2D eigenvalue weighted by Crippen LogP contribution is 2.33. The molecule has 0 saturated carbocycles. The molecule has 0 atom stereocenters. The maximum atomic E-state index is 12.5. The predicted octanol–water partition coefficient (Wildman–Crippen LogP) is 3.59. The third-order valence-electron chi connectivity index (χ3n) is 4.40. The van der Waals surface area contributed by atoms with Gasteiger partial charge in [0.05, 0.1) is 9.38 Å². The van der Waals surface area contributed by atoms with E-state index in [1.54, 1.807) is 23.1 Å². The summed E-state index contributed by atoms with van der Waals surface area (Å²) in [5, 5.41) is 9.11. The number of likely N-dealkylation sites (tertiary alicyclic amines) is 1. The Morgan fingerprint density at radius 3 is 2.54 bits per heavy atom. The van der Waals surface area contributed by atoms with Crippen molar-refractivity contribution in [3.63, 3.8) is 0 Å². The molecule has 2 saturated heterocycles. The number of imide groups is 1. The van der Waals surface area contributed by atoms with Gasteiger partial charge < -0.3 is 10.0 Å². The van der Waals surface area contributed by atoms with E-state index in [9.17, 15) is 19.5 Å². The number of carbonyl (C=O) groups is 3. The molecule has 2 aliphatic heterocycles.